The van der Waals surface area contributed by atoms with Gasteiger partial charge in [0.2, 0.25) is 0 Å². The summed E-state index contributed by atoms with van der Waals surface area (Å²) in [7, 11) is 0. The van der Waals surface area contributed by atoms with Gasteiger partial charge in [-0.1, -0.05) is 24.3 Å². The number of β-amino-alcohol motifs (C(OH)–C–C–N with tert-alkyl or cyclic N) is 1. The van der Waals surface area contributed by atoms with E-state index in [4.69, 9.17) is 0 Å². The molecule has 4 rings (SSSR count). The number of para-hydroxylation sites is 1. The minimum absolute atomic E-state index is 0.173. The van der Waals surface area contributed by atoms with Gasteiger partial charge >= 0.3 is 6.03 Å². The van der Waals surface area contributed by atoms with E-state index >= 15 is 0 Å². The highest BCUT2D eigenvalue weighted by atomic mass is 32.1. The van der Waals surface area contributed by atoms with Crippen molar-refractivity contribution in [2.45, 2.75) is 12.5 Å². The fourth-order valence-electron chi connectivity index (χ4n) is 2.85. The largest absolute Gasteiger partial charge is 0.391 e. The molecule has 1 aromatic heterocycles. The van der Waals surface area contributed by atoms with Crippen molar-refractivity contribution in [3.8, 4) is 10.6 Å². The first-order valence-corrected chi connectivity index (χ1v) is 8.71. The van der Waals surface area contributed by atoms with E-state index in [1.54, 1.807) is 16.2 Å². The van der Waals surface area contributed by atoms with E-state index in [2.05, 4.69) is 16.4 Å². The number of carbonyl (C=O) groups excluding carboxylic acids is 1. The number of thiazole rings is 1. The van der Waals surface area contributed by atoms with Crippen LogP contribution < -0.4 is 5.32 Å². The maximum atomic E-state index is 12.2. The molecule has 0 spiro atoms. The lowest BCUT2D eigenvalue weighted by atomic mass is 10.2. The molecule has 1 fully saturated rings. The first kappa shape index (κ1) is 15.1. The molecule has 2 heterocycles. The first-order chi connectivity index (χ1) is 11.7. The van der Waals surface area contributed by atoms with Gasteiger partial charge in [-0.15, -0.1) is 11.3 Å². The summed E-state index contributed by atoms with van der Waals surface area (Å²) in [6, 6.07) is 15.6. The Morgan fingerprint density at radius 3 is 2.92 bits per heavy atom. The van der Waals surface area contributed by atoms with Gasteiger partial charge in [-0.2, -0.15) is 0 Å². The number of urea groups is 1. The van der Waals surface area contributed by atoms with Gasteiger partial charge in [0, 0.05) is 24.3 Å². The van der Waals surface area contributed by atoms with Crippen LogP contribution in [0.1, 0.15) is 6.42 Å². The number of nitrogens with one attached hydrogen (secondary N) is 1. The molecular formula is C18H17N3O2S. The van der Waals surface area contributed by atoms with E-state index in [1.807, 2.05) is 42.5 Å². The number of hydrogen-bond acceptors (Lipinski definition) is 4. The average molecular weight is 339 g/mol. The standard InChI is InChI=1S/C18H17N3O2S/c22-14-8-9-21(11-14)18(23)19-13-5-3-4-12(10-13)17-20-15-6-1-2-7-16(15)24-17/h1-7,10,14,22H,8-9,11H2,(H,19,23)/t14-/m1/s1. The smallest absolute Gasteiger partial charge is 0.321 e. The highest BCUT2D eigenvalue weighted by Gasteiger charge is 2.24. The monoisotopic (exact) mass is 339 g/mol. The van der Waals surface area contributed by atoms with Crippen LogP contribution in [0, 0.1) is 0 Å². The van der Waals surface area contributed by atoms with E-state index < -0.39 is 6.10 Å². The van der Waals surface area contributed by atoms with Crippen LogP contribution in [0.15, 0.2) is 48.5 Å². The van der Waals surface area contributed by atoms with Crippen molar-refractivity contribution in [2.75, 3.05) is 18.4 Å². The summed E-state index contributed by atoms with van der Waals surface area (Å²) < 4.78 is 1.15. The number of nitrogens with zero attached hydrogens (tertiary/aromatic N) is 2. The van der Waals surface area contributed by atoms with Crippen molar-refractivity contribution in [3.05, 3.63) is 48.5 Å². The number of aliphatic hydroxyl groups excluding tert-OH is 1. The highest BCUT2D eigenvalue weighted by molar-refractivity contribution is 7.21. The minimum Gasteiger partial charge on any atom is -0.391 e. The van der Waals surface area contributed by atoms with Crippen LogP contribution in [0.2, 0.25) is 0 Å². The molecule has 2 aromatic carbocycles. The molecule has 0 saturated carbocycles. The van der Waals surface area contributed by atoms with Crippen molar-refractivity contribution >= 4 is 33.3 Å². The zero-order valence-corrected chi connectivity index (χ0v) is 13.8. The van der Waals surface area contributed by atoms with Crippen LogP contribution in [0.25, 0.3) is 20.8 Å². The summed E-state index contributed by atoms with van der Waals surface area (Å²) in [6.07, 6.45) is 0.226. The molecule has 6 heteroatoms. The SMILES string of the molecule is O=C(Nc1cccc(-c2nc3ccccc3s2)c1)N1CC[C@@H](O)C1. The first-order valence-electron chi connectivity index (χ1n) is 7.89. The van der Waals surface area contributed by atoms with Crippen molar-refractivity contribution in [1.82, 2.24) is 9.88 Å². The van der Waals surface area contributed by atoms with Gasteiger partial charge in [-0.05, 0) is 30.7 Å². The van der Waals surface area contributed by atoms with Gasteiger partial charge in [0.15, 0.2) is 0 Å². The molecule has 0 radical (unpaired) electrons. The number of amides is 2. The topological polar surface area (TPSA) is 65.5 Å². The summed E-state index contributed by atoms with van der Waals surface area (Å²) in [6.45, 7) is 0.980. The Morgan fingerprint density at radius 2 is 2.12 bits per heavy atom. The molecule has 2 N–H and O–H groups in total. The fourth-order valence-corrected chi connectivity index (χ4v) is 3.82. The summed E-state index contributed by atoms with van der Waals surface area (Å²) >= 11 is 1.64. The van der Waals surface area contributed by atoms with Gasteiger partial charge in [0.05, 0.1) is 16.3 Å². The highest BCUT2D eigenvalue weighted by Crippen LogP contribution is 2.31. The quantitative estimate of drug-likeness (QED) is 0.750. The average Bonchev–Trinajstić information content (AvgIpc) is 3.21. The maximum Gasteiger partial charge on any atom is 0.321 e. The molecule has 1 saturated heterocycles. The number of fused-ring (bicyclic) bond motifs is 1. The van der Waals surface area contributed by atoms with Gasteiger partial charge in [0.25, 0.3) is 0 Å². The molecule has 24 heavy (non-hydrogen) atoms. The zero-order valence-electron chi connectivity index (χ0n) is 13.0. The number of rotatable bonds is 2. The van der Waals surface area contributed by atoms with E-state index in [9.17, 15) is 9.90 Å². The Bertz CT molecular complexity index is 860. The molecule has 5 nitrogen and oxygen atoms in total. The molecule has 0 unspecified atom stereocenters. The molecule has 1 atom stereocenters. The molecule has 1 aliphatic rings. The molecular weight excluding hydrogens is 322 g/mol. The van der Waals surface area contributed by atoms with Gasteiger partial charge in [-0.3, -0.25) is 0 Å². The number of likely N-dealkylation sites (tertiary alicyclic amines) is 1. The lowest BCUT2D eigenvalue weighted by Gasteiger charge is -2.16. The van der Waals surface area contributed by atoms with E-state index in [0.717, 1.165) is 26.5 Å². The number of aliphatic hydroxyl groups is 1. The number of anilines is 1. The predicted molar refractivity (Wildman–Crippen MR) is 96.3 cm³/mol. The summed E-state index contributed by atoms with van der Waals surface area (Å²) in [4.78, 5) is 18.5. The van der Waals surface area contributed by atoms with Crippen LogP contribution in [0.3, 0.4) is 0 Å². The normalized spacial score (nSPS) is 17.4. The lowest BCUT2D eigenvalue weighted by molar-refractivity contribution is 0.176. The predicted octanol–water partition coefficient (Wildman–Crippen LogP) is 3.56. The maximum absolute atomic E-state index is 12.2. The van der Waals surface area contributed by atoms with Crippen molar-refractivity contribution < 1.29 is 9.90 Å². The molecule has 2 amide bonds. The summed E-state index contributed by atoms with van der Waals surface area (Å²) in [5.74, 6) is 0. The summed E-state index contributed by atoms with van der Waals surface area (Å²) in [5, 5.41) is 13.4. The Kier molecular flexibility index (Phi) is 3.92. The Morgan fingerprint density at radius 1 is 1.25 bits per heavy atom. The molecule has 0 aliphatic carbocycles. The molecule has 0 bridgehead atoms. The van der Waals surface area contributed by atoms with Gasteiger partial charge in [-0.25, -0.2) is 9.78 Å². The second-order valence-electron chi connectivity index (χ2n) is 5.89. The Labute approximate surface area is 143 Å². The van der Waals surface area contributed by atoms with Crippen LogP contribution in [-0.4, -0.2) is 40.2 Å². The fraction of sp³-hybridized carbons (Fsp3) is 0.222. The third-order valence-electron chi connectivity index (χ3n) is 4.11. The molecule has 3 aromatic rings. The van der Waals surface area contributed by atoms with Crippen molar-refractivity contribution in [3.63, 3.8) is 0 Å². The van der Waals surface area contributed by atoms with Crippen LogP contribution in [0.4, 0.5) is 10.5 Å². The minimum atomic E-state index is -0.412. The van der Waals surface area contributed by atoms with Gasteiger partial charge in [0.1, 0.15) is 5.01 Å². The van der Waals surface area contributed by atoms with Crippen LogP contribution in [0.5, 0.6) is 0 Å². The second kappa shape index (κ2) is 6.22. The molecule has 1 aliphatic heterocycles. The third-order valence-corrected chi connectivity index (χ3v) is 5.19. The van der Waals surface area contributed by atoms with Crippen molar-refractivity contribution in [1.29, 1.82) is 0 Å². The third kappa shape index (κ3) is 2.98. The second-order valence-corrected chi connectivity index (χ2v) is 6.92. The van der Waals surface area contributed by atoms with E-state index in [0.29, 0.717) is 19.5 Å². The number of aromatic nitrogens is 1. The lowest BCUT2D eigenvalue weighted by Crippen LogP contribution is -2.33. The van der Waals surface area contributed by atoms with E-state index in [1.165, 1.54) is 0 Å². The Balaban J connectivity index is 1.56. The molecule has 122 valence electrons. The van der Waals surface area contributed by atoms with Crippen LogP contribution >= 0.6 is 11.3 Å². The van der Waals surface area contributed by atoms with Gasteiger partial charge < -0.3 is 15.3 Å². The Hall–Kier alpha value is -2.44. The van der Waals surface area contributed by atoms with Crippen LogP contribution in [-0.2, 0) is 0 Å². The number of hydrogen-bond donors (Lipinski definition) is 2. The van der Waals surface area contributed by atoms with E-state index in [-0.39, 0.29) is 6.03 Å². The summed E-state index contributed by atoms with van der Waals surface area (Å²) in [5.41, 5.74) is 2.70. The number of carbonyl (C=O) groups is 1. The van der Waals surface area contributed by atoms with Crippen molar-refractivity contribution in [2.24, 2.45) is 0 Å². The number of benzene rings is 2. The zero-order chi connectivity index (χ0) is 16.5.